The summed E-state index contributed by atoms with van der Waals surface area (Å²) in [5.41, 5.74) is 3.75. The molecular weight excluding hydrogens is 250 g/mol. The van der Waals surface area contributed by atoms with Crippen LogP contribution in [0, 0.1) is 0 Å². The molecule has 0 aliphatic carbocycles. The van der Waals surface area contributed by atoms with Crippen LogP contribution in [0.4, 0.5) is 0 Å². The van der Waals surface area contributed by atoms with Crippen molar-refractivity contribution in [3.8, 4) is 0 Å². The molecule has 1 aromatic heterocycles. The first-order valence-corrected chi connectivity index (χ1v) is 7.36. The normalized spacial score (nSPS) is 14.6. The molecule has 106 valence electrons. The number of hydrogen-bond donors (Lipinski definition) is 2. The van der Waals surface area contributed by atoms with Crippen molar-refractivity contribution in [1.82, 2.24) is 15.2 Å². The first kappa shape index (κ1) is 13.2. The third kappa shape index (κ3) is 2.43. The number of para-hydroxylation sites is 1. The fourth-order valence-corrected chi connectivity index (χ4v) is 2.86. The van der Waals surface area contributed by atoms with Crippen LogP contribution >= 0.6 is 0 Å². The summed E-state index contributed by atoms with van der Waals surface area (Å²) in [4.78, 5) is 17.6. The maximum atomic E-state index is 12.2. The number of rotatable bonds is 4. The Bertz CT molecular complexity index is 617. The van der Waals surface area contributed by atoms with Gasteiger partial charge >= 0.3 is 0 Å². The van der Waals surface area contributed by atoms with Crippen molar-refractivity contribution in [2.45, 2.75) is 26.3 Å². The molecule has 4 nitrogen and oxygen atoms in total. The third-order valence-corrected chi connectivity index (χ3v) is 3.94. The Morgan fingerprint density at radius 1 is 1.40 bits per heavy atom. The van der Waals surface area contributed by atoms with Crippen LogP contribution in [0.15, 0.2) is 24.3 Å². The van der Waals surface area contributed by atoms with Crippen LogP contribution in [0.3, 0.4) is 0 Å². The fourth-order valence-electron chi connectivity index (χ4n) is 2.86. The number of aromatic nitrogens is 1. The number of amides is 1. The van der Waals surface area contributed by atoms with Crippen molar-refractivity contribution >= 4 is 16.8 Å². The molecule has 2 heterocycles. The van der Waals surface area contributed by atoms with Gasteiger partial charge in [-0.15, -0.1) is 0 Å². The summed E-state index contributed by atoms with van der Waals surface area (Å²) in [6.07, 6.45) is 1.98. The standard InChI is InChI=1S/C16H21N3O/c1-2-8-17-10-16(20)19-9-7-15-13(11-19)12-5-3-4-6-14(12)18-15/h3-6,17-18H,2,7-11H2,1H3. The maximum absolute atomic E-state index is 12.2. The molecule has 1 aliphatic heterocycles. The summed E-state index contributed by atoms with van der Waals surface area (Å²) in [7, 11) is 0. The Morgan fingerprint density at radius 2 is 2.25 bits per heavy atom. The Hall–Kier alpha value is -1.81. The van der Waals surface area contributed by atoms with Gasteiger partial charge in [0.15, 0.2) is 0 Å². The van der Waals surface area contributed by atoms with E-state index >= 15 is 0 Å². The highest BCUT2D eigenvalue weighted by Crippen LogP contribution is 2.27. The van der Waals surface area contributed by atoms with Crippen LogP contribution in [0.5, 0.6) is 0 Å². The van der Waals surface area contributed by atoms with Crippen LogP contribution in [0.25, 0.3) is 10.9 Å². The number of carbonyl (C=O) groups excluding carboxylic acids is 1. The molecule has 1 amide bonds. The Morgan fingerprint density at radius 3 is 3.10 bits per heavy atom. The summed E-state index contributed by atoms with van der Waals surface area (Å²) in [6.45, 7) is 5.00. The number of nitrogens with zero attached hydrogens (tertiary/aromatic N) is 1. The predicted molar refractivity (Wildman–Crippen MR) is 80.6 cm³/mol. The monoisotopic (exact) mass is 271 g/mol. The molecule has 1 aromatic carbocycles. The Kier molecular flexibility index (Phi) is 3.74. The lowest BCUT2D eigenvalue weighted by atomic mass is 10.0. The number of benzene rings is 1. The van der Waals surface area contributed by atoms with E-state index in [0.717, 1.165) is 32.5 Å². The lowest BCUT2D eigenvalue weighted by Crippen LogP contribution is -2.41. The van der Waals surface area contributed by atoms with Gasteiger partial charge in [-0.3, -0.25) is 4.79 Å². The van der Waals surface area contributed by atoms with Gasteiger partial charge in [0.25, 0.3) is 0 Å². The van der Waals surface area contributed by atoms with E-state index in [0.29, 0.717) is 6.54 Å². The summed E-state index contributed by atoms with van der Waals surface area (Å²) in [5, 5.41) is 4.44. The average molecular weight is 271 g/mol. The van der Waals surface area contributed by atoms with Crippen molar-refractivity contribution < 1.29 is 4.79 Å². The molecule has 0 unspecified atom stereocenters. The molecule has 0 fully saturated rings. The minimum absolute atomic E-state index is 0.203. The molecule has 2 aromatic rings. The van der Waals surface area contributed by atoms with Crippen molar-refractivity contribution in [3.05, 3.63) is 35.5 Å². The molecule has 0 bridgehead atoms. The second-order valence-electron chi connectivity index (χ2n) is 5.37. The highest BCUT2D eigenvalue weighted by atomic mass is 16.2. The zero-order valence-corrected chi connectivity index (χ0v) is 11.9. The van der Waals surface area contributed by atoms with Gasteiger partial charge in [0.2, 0.25) is 5.91 Å². The summed E-state index contributed by atoms with van der Waals surface area (Å²) in [6, 6.07) is 8.33. The van der Waals surface area contributed by atoms with Crippen LogP contribution < -0.4 is 5.32 Å². The number of aromatic amines is 1. The van der Waals surface area contributed by atoms with Gasteiger partial charge in [-0.25, -0.2) is 0 Å². The van der Waals surface area contributed by atoms with Crippen molar-refractivity contribution in [3.63, 3.8) is 0 Å². The molecule has 0 spiro atoms. The molecule has 0 saturated heterocycles. The van der Waals surface area contributed by atoms with Gasteiger partial charge < -0.3 is 15.2 Å². The molecule has 4 heteroatoms. The summed E-state index contributed by atoms with van der Waals surface area (Å²) in [5.74, 6) is 0.203. The van der Waals surface area contributed by atoms with E-state index in [2.05, 4.69) is 35.4 Å². The maximum Gasteiger partial charge on any atom is 0.236 e. The SMILES string of the molecule is CCCNCC(=O)N1CCc2[nH]c3ccccc3c2C1. The zero-order valence-electron chi connectivity index (χ0n) is 11.9. The van der Waals surface area contributed by atoms with E-state index in [9.17, 15) is 4.79 Å². The lowest BCUT2D eigenvalue weighted by molar-refractivity contribution is -0.131. The summed E-state index contributed by atoms with van der Waals surface area (Å²) < 4.78 is 0. The number of hydrogen-bond acceptors (Lipinski definition) is 2. The van der Waals surface area contributed by atoms with Gasteiger partial charge in [0.1, 0.15) is 0 Å². The average Bonchev–Trinajstić information content (AvgIpc) is 2.85. The molecule has 0 radical (unpaired) electrons. The Balaban J connectivity index is 1.76. The van der Waals surface area contributed by atoms with E-state index in [4.69, 9.17) is 0 Å². The van der Waals surface area contributed by atoms with Gasteiger partial charge in [0, 0.05) is 41.7 Å². The van der Waals surface area contributed by atoms with Crippen molar-refractivity contribution in [2.24, 2.45) is 0 Å². The third-order valence-electron chi connectivity index (χ3n) is 3.94. The minimum Gasteiger partial charge on any atom is -0.358 e. The van der Waals surface area contributed by atoms with E-state index in [1.165, 1.54) is 22.2 Å². The highest BCUT2D eigenvalue weighted by molar-refractivity contribution is 5.86. The molecule has 2 N–H and O–H groups in total. The molecule has 0 saturated carbocycles. The molecule has 3 rings (SSSR count). The molecule has 0 atom stereocenters. The van der Waals surface area contributed by atoms with E-state index < -0.39 is 0 Å². The Labute approximate surface area is 119 Å². The van der Waals surface area contributed by atoms with Crippen LogP contribution in [-0.2, 0) is 17.8 Å². The van der Waals surface area contributed by atoms with Crippen molar-refractivity contribution in [1.29, 1.82) is 0 Å². The number of nitrogens with one attached hydrogen (secondary N) is 2. The largest absolute Gasteiger partial charge is 0.358 e. The topological polar surface area (TPSA) is 48.1 Å². The van der Waals surface area contributed by atoms with E-state index in [1.807, 2.05) is 11.0 Å². The number of H-pyrrole nitrogens is 1. The lowest BCUT2D eigenvalue weighted by Gasteiger charge is -2.27. The first-order chi connectivity index (χ1) is 9.79. The predicted octanol–water partition coefficient (Wildman–Crippen LogP) is 2.05. The summed E-state index contributed by atoms with van der Waals surface area (Å²) >= 11 is 0. The smallest absolute Gasteiger partial charge is 0.236 e. The van der Waals surface area contributed by atoms with Gasteiger partial charge in [0.05, 0.1) is 6.54 Å². The van der Waals surface area contributed by atoms with Crippen LogP contribution in [-0.4, -0.2) is 35.4 Å². The minimum atomic E-state index is 0.203. The second kappa shape index (κ2) is 5.67. The second-order valence-corrected chi connectivity index (χ2v) is 5.37. The zero-order chi connectivity index (χ0) is 13.9. The van der Waals surface area contributed by atoms with Gasteiger partial charge in [-0.2, -0.15) is 0 Å². The first-order valence-electron chi connectivity index (χ1n) is 7.36. The highest BCUT2D eigenvalue weighted by Gasteiger charge is 2.23. The van der Waals surface area contributed by atoms with Crippen LogP contribution in [0.1, 0.15) is 24.6 Å². The van der Waals surface area contributed by atoms with Crippen molar-refractivity contribution in [2.75, 3.05) is 19.6 Å². The molecule has 20 heavy (non-hydrogen) atoms. The van der Waals surface area contributed by atoms with E-state index in [1.54, 1.807) is 0 Å². The number of fused-ring (bicyclic) bond motifs is 3. The van der Waals surface area contributed by atoms with Gasteiger partial charge in [-0.05, 0) is 19.0 Å². The molecule has 1 aliphatic rings. The molecular formula is C16H21N3O. The van der Waals surface area contributed by atoms with Gasteiger partial charge in [-0.1, -0.05) is 25.1 Å². The quantitative estimate of drug-likeness (QED) is 0.836. The van der Waals surface area contributed by atoms with Crippen LogP contribution in [0.2, 0.25) is 0 Å². The van der Waals surface area contributed by atoms with E-state index in [-0.39, 0.29) is 5.91 Å². The fraction of sp³-hybridized carbons (Fsp3) is 0.438. The number of carbonyl (C=O) groups is 1.